The van der Waals surface area contributed by atoms with Gasteiger partial charge in [0.15, 0.2) is 0 Å². The summed E-state index contributed by atoms with van der Waals surface area (Å²) in [5, 5.41) is 9.29. The molecule has 0 fully saturated rings. The summed E-state index contributed by atoms with van der Waals surface area (Å²) in [6, 6.07) is 2.08. The third-order valence-corrected chi connectivity index (χ3v) is 2.33. The molecule has 1 aromatic rings. The maximum atomic E-state index is 4.08. The van der Waals surface area contributed by atoms with Gasteiger partial charge in [-0.05, 0) is 16.5 Å². The molecule has 1 aliphatic heterocycles. The van der Waals surface area contributed by atoms with Crippen LogP contribution in [0.3, 0.4) is 0 Å². The Balaban J connectivity index is 2.60. The van der Waals surface area contributed by atoms with Crippen molar-refractivity contribution < 1.29 is 0 Å². The lowest BCUT2D eigenvalue weighted by Crippen LogP contribution is -2.03. The molecule has 0 atom stereocenters. The molecule has 0 unspecified atom stereocenters. The monoisotopic (exact) mass is 138 g/mol. The van der Waals surface area contributed by atoms with Gasteiger partial charge in [-0.3, -0.25) is 0 Å². The molecule has 1 aromatic heterocycles. The Labute approximate surface area is 57.4 Å². The molecule has 9 heavy (non-hydrogen) atoms. The van der Waals surface area contributed by atoms with E-state index in [2.05, 4.69) is 16.5 Å². The van der Waals surface area contributed by atoms with E-state index in [4.69, 9.17) is 0 Å². The average Bonchev–Trinajstić information content (AvgIpc) is 2.35. The van der Waals surface area contributed by atoms with Crippen LogP contribution < -0.4 is 5.01 Å². The molecule has 2 nitrogen and oxygen atoms in total. The van der Waals surface area contributed by atoms with Gasteiger partial charge >= 0.3 is 0 Å². The number of hydrogen-bond acceptors (Lipinski definition) is 3. The van der Waals surface area contributed by atoms with Crippen LogP contribution in [0.15, 0.2) is 16.5 Å². The molecular formula is C6H6N2S+. The van der Waals surface area contributed by atoms with Gasteiger partial charge in [0, 0.05) is 5.01 Å². The van der Waals surface area contributed by atoms with Crippen LogP contribution >= 0.6 is 11.3 Å². The Hall–Kier alpha value is -0.670. The molecule has 2 heterocycles. The van der Waals surface area contributed by atoms with Crippen molar-refractivity contribution in [1.82, 2.24) is 5.01 Å². The summed E-state index contributed by atoms with van der Waals surface area (Å²) in [5.74, 6) is 0. The fourth-order valence-electron chi connectivity index (χ4n) is 0.874. The number of thiophene rings is 1. The minimum Gasteiger partial charge on any atom is -0.0797 e. The second-order valence-electron chi connectivity index (χ2n) is 1.95. The maximum Gasteiger partial charge on any atom is 0.275 e. The largest absolute Gasteiger partial charge is 0.275 e. The third kappa shape index (κ3) is 0.620. The summed E-state index contributed by atoms with van der Waals surface area (Å²) in [6.45, 7) is 0. The van der Waals surface area contributed by atoms with Gasteiger partial charge in [0.25, 0.3) is 5.00 Å². The number of hydrogen-bond donors (Lipinski definition) is 0. The fraction of sp³-hybridized carbons (Fsp3) is 0.167. The van der Waals surface area contributed by atoms with Crippen LogP contribution in [-0.4, -0.2) is 13.3 Å². The molecule has 0 spiro atoms. The Morgan fingerprint density at radius 2 is 2.56 bits per heavy atom. The normalized spacial score (nSPS) is 16.6. The van der Waals surface area contributed by atoms with Gasteiger partial charge in [0.1, 0.15) is 13.3 Å². The van der Waals surface area contributed by atoms with Crippen LogP contribution in [0, 0.1) is 0 Å². The van der Waals surface area contributed by atoms with Crippen molar-refractivity contribution >= 4 is 22.6 Å². The van der Waals surface area contributed by atoms with E-state index in [9.17, 15) is 0 Å². The molecule has 0 bridgehead atoms. The molecule has 0 saturated heterocycles. The third-order valence-electron chi connectivity index (χ3n) is 1.34. The van der Waals surface area contributed by atoms with Gasteiger partial charge in [-0.2, -0.15) is 0 Å². The first kappa shape index (κ1) is 5.14. The summed E-state index contributed by atoms with van der Waals surface area (Å²) in [5.41, 5.74) is 1.24. The van der Waals surface area contributed by atoms with E-state index in [1.807, 2.05) is 18.3 Å². The van der Waals surface area contributed by atoms with Crippen molar-refractivity contribution in [2.75, 3.05) is 7.05 Å². The number of hydrazone groups is 1. The molecule has 3 heteroatoms. The highest BCUT2D eigenvalue weighted by atomic mass is 32.1. The van der Waals surface area contributed by atoms with Crippen molar-refractivity contribution in [2.24, 2.45) is 5.10 Å². The van der Waals surface area contributed by atoms with Crippen molar-refractivity contribution in [3.8, 4) is 0 Å². The molecule has 1 radical (unpaired) electrons. The predicted molar refractivity (Wildman–Crippen MR) is 39.6 cm³/mol. The molecule has 1 aliphatic rings. The van der Waals surface area contributed by atoms with E-state index < -0.39 is 0 Å². The van der Waals surface area contributed by atoms with Crippen molar-refractivity contribution in [2.45, 2.75) is 0 Å². The average molecular weight is 138 g/mol. The molecule has 0 aliphatic carbocycles. The number of rotatable bonds is 0. The summed E-state index contributed by atoms with van der Waals surface area (Å²) in [6.07, 6.45) is 1.88. The van der Waals surface area contributed by atoms with Gasteiger partial charge in [-0.1, -0.05) is 11.3 Å². The summed E-state index contributed by atoms with van der Waals surface area (Å²) >= 11 is 1.72. The van der Waals surface area contributed by atoms with Crippen LogP contribution in [-0.2, 0) is 0 Å². The van der Waals surface area contributed by atoms with Crippen LogP contribution in [0.1, 0.15) is 5.56 Å². The van der Waals surface area contributed by atoms with Crippen molar-refractivity contribution in [1.29, 1.82) is 0 Å². The van der Waals surface area contributed by atoms with E-state index >= 15 is 0 Å². The fourth-order valence-corrected chi connectivity index (χ4v) is 1.67. The molecule has 0 amide bonds. The Morgan fingerprint density at radius 3 is 3.33 bits per heavy atom. The van der Waals surface area contributed by atoms with E-state index in [0.29, 0.717) is 0 Å². The van der Waals surface area contributed by atoms with Gasteiger partial charge in [-0.15, -0.1) is 0 Å². The van der Waals surface area contributed by atoms with Gasteiger partial charge in [-0.25, -0.2) is 0 Å². The Kier molecular flexibility index (Phi) is 0.944. The second-order valence-corrected chi connectivity index (χ2v) is 2.84. The molecular weight excluding hydrogens is 132 g/mol. The molecule has 45 valence electrons. The second kappa shape index (κ2) is 1.65. The van der Waals surface area contributed by atoms with Crippen molar-refractivity contribution in [3.05, 3.63) is 17.0 Å². The lowest BCUT2D eigenvalue weighted by atomic mass is 10.4. The lowest BCUT2D eigenvalue weighted by molar-refractivity contribution is 0.706. The quantitative estimate of drug-likeness (QED) is 0.484. The molecule has 0 N–H and O–H groups in total. The molecule has 0 aromatic carbocycles. The minimum atomic E-state index is 1.24. The zero-order valence-electron chi connectivity index (χ0n) is 5.03. The van der Waals surface area contributed by atoms with Gasteiger partial charge in [0.2, 0.25) is 0 Å². The topological polar surface area (TPSA) is 18.3 Å². The van der Waals surface area contributed by atoms with E-state index in [1.54, 1.807) is 11.3 Å². The van der Waals surface area contributed by atoms with E-state index in [0.717, 1.165) is 0 Å². The Bertz CT molecular complexity index is 251. The first-order valence-corrected chi connectivity index (χ1v) is 3.61. The predicted octanol–water partition coefficient (Wildman–Crippen LogP) is 1.50. The zero-order chi connectivity index (χ0) is 6.27. The highest BCUT2D eigenvalue weighted by Crippen LogP contribution is 2.28. The number of fused-ring (bicyclic) bond motifs is 1. The highest BCUT2D eigenvalue weighted by Gasteiger charge is 2.23. The first-order chi connectivity index (χ1) is 4.38. The number of anilines is 1. The molecule has 0 saturated carbocycles. The van der Waals surface area contributed by atoms with Gasteiger partial charge < -0.3 is 0 Å². The van der Waals surface area contributed by atoms with Gasteiger partial charge in [0.05, 0.1) is 5.56 Å². The zero-order valence-corrected chi connectivity index (χ0v) is 5.85. The van der Waals surface area contributed by atoms with Crippen LogP contribution in [0.2, 0.25) is 0 Å². The minimum absolute atomic E-state index is 1.24. The molecule has 2 rings (SSSR count). The summed E-state index contributed by atoms with van der Waals surface area (Å²) in [4.78, 5) is 0. The highest BCUT2D eigenvalue weighted by molar-refractivity contribution is 7.14. The smallest absolute Gasteiger partial charge is 0.0797 e. The first-order valence-electron chi connectivity index (χ1n) is 2.73. The Morgan fingerprint density at radius 1 is 1.67 bits per heavy atom. The maximum absolute atomic E-state index is 4.08. The van der Waals surface area contributed by atoms with Crippen LogP contribution in [0.4, 0.5) is 5.00 Å². The van der Waals surface area contributed by atoms with E-state index in [-0.39, 0.29) is 0 Å². The van der Waals surface area contributed by atoms with Crippen LogP contribution in [0.25, 0.3) is 0 Å². The summed E-state index contributed by atoms with van der Waals surface area (Å²) < 4.78 is 0. The van der Waals surface area contributed by atoms with Crippen molar-refractivity contribution in [3.63, 3.8) is 0 Å². The van der Waals surface area contributed by atoms with Crippen LogP contribution in [0.5, 0.6) is 0 Å². The lowest BCUT2D eigenvalue weighted by Gasteiger charge is -1.83. The summed E-state index contributed by atoms with van der Waals surface area (Å²) in [7, 11) is 1.96. The SMILES string of the molecule is C[N+]1N=Cc2ccsc21. The van der Waals surface area contributed by atoms with E-state index in [1.165, 1.54) is 10.6 Å². The number of nitrogens with zero attached hydrogens (tertiary/aromatic N) is 2. The standard InChI is InChI=1S/C6H6N2S/c1-8-6-5(4-7-8)2-3-9-6/h2-4H,1H3/q+1.